The average molecular weight is 471 g/mol. The lowest BCUT2D eigenvalue weighted by Crippen LogP contribution is -2.40. The van der Waals surface area contributed by atoms with Crippen molar-refractivity contribution in [2.45, 2.75) is 4.90 Å². The van der Waals surface area contributed by atoms with Crippen LogP contribution in [0, 0.1) is 0 Å². The number of carbonyl (C=O) groups is 1. The minimum Gasteiger partial charge on any atom is -0.455 e. The summed E-state index contributed by atoms with van der Waals surface area (Å²) in [4.78, 5) is 13.6. The zero-order valence-electron chi connectivity index (χ0n) is 17.1. The van der Waals surface area contributed by atoms with E-state index in [1.54, 1.807) is 24.3 Å². The fourth-order valence-electron chi connectivity index (χ4n) is 3.13. The Morgan fingerprint density at radius 1 is 1.06 bits per heavy atom. The second-order valence-corrected chi connectivity index (χ2v) is 9.84. The molecule has 1 aliphatic rings. The number of hydrogen-bond donors (Lipinski definition) is 1. The molecule has 0 aliphatic carbocycles. The quantitative estimate of drug-likeness (QED) is 0.523. The molecule has 1 fully saturated rings. The number of benzene rings is 2. The third kappa shape index (κ3) is 5.43. The summed E-state index contributed by atoms with van der Waals surface area (Å²) in [6.45, 7) is 1.28. The molecule has 7 nitrogen and oxygen atoms in total. The maximum Gasteiger partial charge on any atom is 0.248 e. The largest absolute Gasteiger partial charge is 0.455 e. The van der Waals surface area contributed by atoms with Crippen molar-refractivity contribution in [2.75, 3.05) is 31.6 Å². The van der Waals surface area contributed by atoms with Gasteiger partial charge in [0.2, 0.25) is 15.9 Å². The minimum absolute atomic E-state index is 0.0809. The fraction of sp³-hybridized carbons (Fsp3) is 0.174. The van der Waals surface area contributed by atoms with Crippen LogP contribution in [0.25, 0.3) is 6.08 Å². The molecule has 1 N–H and O–H groups in total. The van der Waals surface area contributed by atoms with Crippen LogP contribution in [0.15, 0.2) is 77.0 Å². The Hall–Kier alpha value is -2.98. The number of amides is 1. The monoisotopic (exact) mass is 470 g/mol. The first-order chi connectivity index (χ1) is 15.5. The lowest BCUT2D eigenvalue weighted by atomic mass is 10.2. The molecule has 2 aromatic carbocycles. The SMILES string of the molecule is O=C(C=Cc1cccs1)Nc1cc(S(=O)(=O)N2CCOCC2)ccc1Oc1ccccc1. The Kier molecular flexibility index (Phi) is 7.01. The molecule has 1 aliphatic heterocycles. The first-order valence-corrected chi connectivity index (χ1v) is 12.3. The molecule has 1 saturated heterocycles. The van der Waals surface area contributed by atoms with Crippen molar-refractivity contribution < 1.29 is 22.7 Å². The molecule has 0 bridgehead atoms. The predicted molar refractivity (Wildman–Crippen MR) is 125 cm³/mol. The zero-order valence-corrected chi connectivity index (χ0v) is 18.8. The molecule has 0 saturated carbocycles. The minimum atomic E-state index is -3.73. The van der Waals surface area contributed by atoms with E-state index < -0.39 is 15.9 Å². The van der Waals surface area contributed by atoms with Crippen LogP contribution in [0.5, 0.6) is 11.5 Å². The third-order valence-electron chi connectivity index (χ3n) is 4.73. The number of para-hydroxylation sites is 1. The van der Waals surface area contributed by atoms with E-state index in [0.717, 1.165) is 4.88 Å². The van der Waals surface area contributed by atoms with Gasteiger partial charge in [-0.15, -0.1) is 11.3 Å². The Balaban J connectivity index is 1.63. The fourth-order valence-corrected chi connectivity index (χ4v) is 5.18. The number of ether oxygens (including phenoxy) is 2. The average Bonchev–Trinajstić information content (AvgIpc) is 3.34. The van der Waals surface area contributed by atoms with Gasteiger partial charge in [-0.3, -0.25) is 4.79 Å². The molecule has 0 spiro atoms. The molecule has 166 valence electrons. The number of nitrogens with one attached hydrogen (secondary N) is 1. The number of sulfonamides is 1. The van der Waals surface area contributed by atoms with Crippen LogP contribution in [-0.4, -0.2) is 44.9 Å². The van der Waals surface area contributed by atoms with E-state index in [4.69, 9.17) is 9.47 Å². The van der Waals surface area contributed by atoms with Gasteiger partial charge in [0.1, 0.15) is 5.75 Å². The molecule has 0 unspecified atom stereocenters. The van der Waals surface area contributed by atoms with Crippen LogP contribution in [0.1, 0.15) is 4.88 Å². The molecule has 2 heterocycles. The zero-order chi connectivity index (χ0) is 22.4. The van der Waals surface area contributed by atoms with Crippen LogP contribution >= 0.6 is 11.3 Å². The summed E-state index contributed by atoms with van der Waals surface area (Å²) < 4.78 is 38.7. The highest BCUT2D eigenvalue weighted by Crippen LogP contribution is 2.33. The smallest absolute Gasteiger partial charge is 0.248 e. The van der Waals surface area contributed by atoms with E-state index in [-0.39, 0.29) is 23.7 Å². The molecule has 32 heavy (non-hydrogen) atoms. The molecule has 1 amide bonds. The molecule has 9 heteroatoms. The van der Waals surface area contributed by atoms with Gasteiger partial charge in [0.15, 0.2) is 5.75 Å². The van der Waals surface area contributed by atoms with Crippen molar-refractivity contribution >= 4 is 39.0 Å². The van der Waals surface area contributed by atoms with Gasteiger partial charge in [0.05, 0.1) is 23.8 Å². The third-order valence-corrected chi connectivity index (χ3v) is 7.46. The molecule has 0 atom stereocenters. The van der Waals surface area contributed by atoms with Crippen molar-refractivity contribution in [3.05, 3.63) is 77.0 Å². The Labute approximate surface area is 191 Å². The normalized spacial score (nSPS) is 15.0. The van der Waals surface area contributed by atoms with Crippen LogP contribution in [-0.2, 0) is 19.6 Å². The number of carbonyl (C=O) groups excluding carboxylic acids is 1. The van der Waals surface area contributed by atoms with Crippen molar-refractivity contribution in [3.63, 3.8) is 0 Å². The van der Waals surface area contributed by atoms with Gasteiger partial charge in [-0.25, -0.2) is 8.42 Å². The van der Waals surface area contributed by atoms with Gasteiger partial charge < -0.3 is 14.8 Å². The van der Waals surface area contributed by atoms with E-state index in [0.29, 0.717) is 24.7 Å². The number of morpholine rings is 1. The highest BCUT2D eigenvalue weighted by Gasteiger charge is 2.27. The Bertz CT molecular complexity index is 1190. The summed E-state index contributed by atoms with van der Waals surface area (Å²) in [5.74, 6) is 0.521. The summed E-state index contributed by atoms with van der Waals surface area (Å²) >= 11 is 1.51. The van der Waals surface area contributed by atoms with Crippen molar-refractivity contribution in [1.29, 1.82) is 0 Å². The van der Waals surface area contributed by atoms with Crippen molar-refractivity contribution in [3.8, 4) is 11.5 Å². The second kappa shape index (κ2) is 10.1. The maximum atomic E-state index is 13.1. The summed E-state index contributed by atoms with van der Waals surface area (Å²) in [6.07, 6.45) is 3.10. The molecular formula is C23H22N2O5S2. The standard InChI is InChI=1S/C23H22N2O5S2/c26-23(11-8-19-7-4-16-31-19)24-21-17-20(32(27,28)25-12-14-29-15-13-25)9-10-22(21)30-18-5-2-1-3-6-18/h1-11,16-17H,12-15H2,(H,24,26). The number of hydrogen-bond acceptors (Lipinski definition) is 6. The lowest BCUT2D eigenvalue weighted by molar-refractivity contribution is -0.111. The van der Waals surface area contributed by atoms with Gasteiger partial charge in [0, 0.05) is 24.0 Å². The number of nitrogens with zero attached hydrogens (tertiary/aromatic N) is 1. The van der Waals surface area contributed by atoms with E-state index in [1.165, 1.54) is 33.9 Å². The molecule has 3 aromatic rings. The van der Waals surface area contributed by atoms with E-state index in [2.05, 4.69) is 5.32 Å². The summed E-state index contributed by atoms with van der Waals surface area (Å²) in [5, 5.41) is 4.67. The van der Waals surface area contributed by atoms with Crippen LogP contribution in [0.2, 0.25) is 0 Å². The van der Waals surface area contributed by atoms with Gasteiger partial charge >= 0.3 is 0 Å². The summed E-state index contributed by atoms with van der Waals surface area (Å²) in [7, 11) is -3.73. The first-order valence-electron chi connectivity index (χ1n) is 10.00. The molecule has 1 aromatic heterocycles. The lowest BCUT2D eigenvalue weighted by Gasteiger charge is -2.26. The van der Waals surface area contributed by atoms with E-state index >= 15 is 0 Å². The van der Waals surface area contributed by atoms with Gasteiger partial charge in [-0.05, 0) is 47.9 Å². The maximum absolute atomic E-state index is 13.1. The highest BCUT2D eigenvalue weighted by molar-refractivity contribution is 7.89. The highest BCUT2D eigenvalue weighted by atomic mass is 32.2. The van der Waals surface area contributed by atoms with E-state index in [9.17, 15) is 13.2 Å². The van der Waals surface area contributed by atoms with Gasteiger partial charge in [0.25, 0.3) is 0 Å². The number of anilines is 1. The molecular weight excluding hydrogens is 448 g/mol. The van der Waals surface area contributed by atoms with Crippen LogP contribution < -0.4 is 10.1 Å². The van der Waals surface area contributed by atoms with Crippen molar-refractivity contribution in [2.24, 2.45) is 0 Å². The predicted octanol–water partition coefficient (Wildman–Crippen LogP) is 4.21. The van der Waals surface area contributed by atoms with Crippen LogP contribution in [0.4, 0.5) is 5.69 Å². The second-order valence-electron chi connectivity index (χ2n) is 6.93. The summed E-state index contributed by atoms with van der Waals surface area (Å²) in [5.41, 5.74) is 0.268. The summed E-state index contributed by atoms with van der Waals surface area (Å²) in [6, 6.07) is 17.3. The number of rotatable bonds is 7. The van der Waals surface area contributed by atoms with Crippen molar-refractivity contribution in [1.82, 2.24) is 4.31 Å². The Morgan fingerprint density at radius 3 is 2.56 bits per heavy atom. The number of thiophene rings is 1. The molecule has 0 radical (unpaired) electrons. The van der Waals surface area contributed by atoms with Gasteiger partial charge in [-0.1, -0.05) is 24.3 Å². The first kappa shape index (κ1) is 22.2. The van der Waals surface area contributed by atoms with Crippen LogP contribution in [0.3, 0.4) is 0 Å². The van der Waals surface area contributed by atoms with Gasteiger partial charge in [-0.2, -0.15) is 4.31 Å². The Morgan fingerprint density at radius 2 is 1.84 bits per heavy atom. The molecule has 4 rings (SSSR count). The van der Waals surface area contributed by atoms with E-state index in [1.807, 2.05) is 35.7 Å². The topological polar surface area (TPSA) is 84.9 Å².